The summed E-state index contributed by atoms with van der Waals surface area (Å²) in [6.45, 7) is 6.31. The third-order valence-corrected chi connectivity index (χ3v) is 6.99. The number of halogens is 3. The Bertz CT molecular complexity index is 735. The zero-order valence-electron chi connectivity index (χ0n) is 15.7. The number of unbranched alkanes of at least 4 members (excludes halogenated alkanes) is 2. The van der Waals surface area contributed by atoms with Crippen LogP contribution >= 0.6 is 0 Å². The number of rotatable bonds is 9. The van der Waals surface area contributed by atoms with Crippen molar-refractivity contribution in [1.29, 1.82) is 0 Å². The van der Waals surface area contributed by atoms with Gasteiger partial charge >= 0.3 is 6.18 Å². The number of carbonyl (C=O) groups excluding carboxylic acids is 1. The molecule has 0 saturated carbocycles. The Morgan fingerprint density at radius 3 is 2.19 bits per heavy atom. The topological polar surface area (TPSA) is 51.2 Å². The van der Waals surface area contributed by atoms with Crippen LogP contribution < -0.4 is 0 Å². The molecule has 1 aromatic carbocycles. The van der Waals surface area contributed by atoms with Gasteiger partial charge in [0.1, 0.15) is 5.78 Å². The first-order valence-corrected chi connectivity index (χ1v) is 10.5. The first-order chi connectivity index (χ1) is 11.9. The average molecular weight is 392 g/mol. The fourth-order valence-electron chi connectivity index (χ4n) is 2.71. The molecule has 0 aliphatic carbocycles. The summed E-state index contributed by atoms with van der Waals surface area (Å²) in [5.41, 5.74) is 0.596. The van der Waals surface area contributed by atoms with Crippen LogP contribution in [0.3, 0.4) is 0 Å². The molecule has 7 heteroatoms. The second-order valence-corrected chi connectivity index (χ2v) is 9.64. The minimum absolute atomic E-state index is 0.0426. The summed E-state index contributed by atoms with van der Waals surface area (Å²) < 4.78 is 62.0. The van der Waals surface area contributed by atoms with E-state index in [4.69, 9.17) is 0 Å². The van der Waals surface area contributed by atoms with Gasteiger partial charge in [0.25, 0.3) is 0 Å². The molecule has 0 heterocycles. The third-order valence-electron chi connectivity index (χ3n) is 4.70. The standard InChI is InChI=1S/C19H27F3O3S/c1-13(2)26(24,25)11-7-5-6-8-17(23)12-16-9-10-18(19(20,21)22)15(4)14(16)3/h9-10,13H,5-8,11-12H2,1-4H3. The molecule has 0 amide bonds. The number of ketones is 1. The number of carbonyl (C=O) groups is 1. The van der Waals surface area contributed by atoms with Gasteiger partial charge in [-0.3, -0.25) is 4.79 Å². The first kappa shape index (κ1) is 22.7. The van der Waals surface area contributed by atoms with Crippen molar-refractivity contribution in [2.45, 2.75) is 71.2 Å². The smallest absolute Gasteiger partial charge is 0.299 e. The van der Waals surface area contributed by atoms with E-state index in [0.29, 0.717) is 36.8 Å². The van der Waals surface area contributed by atoms with Crippen molar-refractivity contribution in [3.63, 3.8) is 0 Å². The number of Topliss-reactive ketones (excluding diaryl/α,β-unsaturated/α-hetero) is 1. The van der Waals surface area contributed by atoms with Crippen LogP contribution in [0.2, 0.25) is 0 Å². The van der Waals surface area contributed by atoms with Crippen molar-refractivity contribution in [3.05, 3.63) is 34.4 Å². The first-order valence-electron chi connectivity index (χ1n) is 8.75. The molecule has 0 saturated heterocycles. The zero-order valence-corrected chi connectivity index (χ0v) is 16.6. The van der Waals surface area contributed by atoms with Crippen molar-refractivity contribution < 1.29 is 26.4 Å². The predicted octanol–water partition coefficient (Wildman–Crippen LogP) is 4.82. The number of sulfone groups is 1. The van der Waals surface area contributed by atoms with Gasteiger partial charge in [-0.05, 0) is 63.3 Å². The Kier molecular flexibility index (Phi) is 7.86. The van der Waals surface area contributed by atoms with E-state index in [0.717, 1.165) is 6.07 Å². The number of hydrogen-bond donors (Lipinski definition) is 0. The molecule has 1 aromatic rings. The quantitative estimate of drug-likeness (QED) is 0.566. The summed E-state index contributed by atoms with van der Waals surface area (Å²) in [6.07, 6.45) is -2.23. The van der Waals surface area contributed by atoms with Crippen LogP contribution in [0.4, 0.5) is 13.2 Å². The lowest BCUT2D eigenvalue weighted by atomic mass is 9.94. The molecule has 0 N–H and O–H groups in total. The summed E-state index contributed by atoms with van der Waals surface area (Å²) in [6, 6.07) is 2.40. The maximum Gasteiger partial charge on any atom is 0.416 e. The largest absolute Gasteiger partial charge is 0.416 e. The van der Waals surface area contributed by atoms with E-state index in [9.17, 15) is 26.4 Å². The molecule has 0 spiro atoms. The van der Waals surface area contributed by atoms with Gasteiger partial charge in [0.15, 0.2) is 9.84 Å². The Morgan fingerprint density at radius 2 is 1.65 bits per heavy atom. The number of hydrogen-bond acceptors (Lipinski definition) is 3. The summed E-state index contributed by atoms with van der Waals surface area (Å²) in [5, 5.41) is -0.394. The van der Waals surface area contributed by atoms with Gasteiger partial charge in [-0.1, -0.05) is 12.5 Å². The molecular weight excluding hydrogens is 365 g/mol. The number of benzene rings is 1. The fraction of sp³-hybridized carbons (Fsp3) is 0.632. The molecule has 3 nitrogen and oxygen atoms in total. The molecule has 0 aliphatic heterocycles. The third kappa shape index (κ3) is 6.41. The second kappa shape index (κ2) is 9.02. The normalized spacial score (nSPS) is 12.6. The Balaban J connectivity index is 2.53. The van der Waals surface area contributed by atoms with Gasteiger partial charge in [0.2, 0.25) is 0 Å². The van der Waals surface area contributed by atoms with Gasteiger partial charge in [-0.25, -0.2) is 8.42 Å². The summed E-state index contributed by atoms with van der Waals surface area (Å²) in [4.78, 5) is 12.1. The van der Waals surface area contributed by atoms with Crippen LogP contribution in [0.15, 0.2) is 12.1 Å². The van der Waals surface area contributed by atoms with E-state index in [2.05, 4.69) is 0 Å². The molecule has 0 aromatic heterocycles. The van der Waals surface area contributed by atoms with Gasteiger partial charge in [0, 0.05) is 12.8 Å². The molecule has 0 atom stereocenters. The van der Waals surface area contributed by atoms with Gasteiger partial charge in [0.05, 0.1) is 16.6 Å². The van der Waals surface area contributed by atoms with Crippen molar-refractivity contribution in [3.8, 4) is 0 Å². The van der Waals surface area contributed by atoms with Crippen molar-refractivity contribution in [2.24, 2.45) is 0 Å². The Morgan fingerprint density at radius 1 is 1.04 bits per heavy atom. The van der Waals surface area contributed by atoms with Gasteiger partial charge < -0.3 is 0 Å². The Labute approximate surface area is 153 Å². The van der Waals surface area contributed by atoms with E-state index in [1.54, 1.807) is 20.8 Å². The summed E-state index contributed by atoms with van der Waals surface area (Å²) in [5.74, 6) is 0.0785. The number of alkyl halides is 3. The Hall–Kier alpha value is -1.37. The van der Waals surface area contributed by atoms with Crippen molar-refractivity contribution in [2.75, 3.05) is 5.75 Å². The molecule has 1 rings (SSSR count). The maximum absolute atomic E-state index is 12.9. The van der Waals surface area contributed by atoms with Crippen LogP contribution in [0, 0.1) is 13.8 Å². The highest BCUT2D eigenvalue weighted by atomic mass is 32.2. The highest BCUT2D eigenvalue weighted by molar-refractivity contribution is 7.91. The predicted molar refractivity (Wildman–Crippen MR) is 97.0 cm³/mol. The molecular formula is C19H27F3O3S. The van der Waals surface area contributed by atoms with Crippen molar-refractivity contribution >= 4 is 15.6 Å². The summed E-state index contributed by atoms with van der Waals surface area (Å²) >= 11 is 0. The maximum atomic E-state index is 12.9. The highest BCUT2D eigenvalue weighted by Gasteiger charge is 2.33. The minimum atomic E-state index is -4.40. The molecule has 0 fully saturated rings. The minimum Gasteiger partial charge on any atom is -0.299 e. The SMILES string of the molecule is Cc1c(CC(=O)CCCCCS(=O)(=O)C(C)C)ccc(C(F)(F)F)c1C. The van der Waals surface area contributed by atoms with E-state index in [1.165, 1.54) is 13.0 Å². The molecule has 0 radical (unpaired) electrons. The summed E-state index contributed by atoms with van der Waals surface area (Å²) in [7, 11) is -3.05. The molecule has 148 valence electrons. The molecule has 0 unspecified atom stereocenters. The van der Waals surface area contributed by atoms with E-state index in [1.807, 2.05) is 0 Å². The molecule has 26 heavy (non-hydrogen) atoms. The van der Waals surface area contributed by atoms with E-state index < -0.39 is 26.8 Å². The van der Waals surface area contributed by atoms with E-state index >= 15 is 0 Å². The monoisotopic (exact) mass is 392 g/mol. The lowest BCUT2D eigenvalue weighted by Crippen LogP contribution is -2.17. The lowest BCUT2D eigenvalue weighted by Gasteiger charge is -2.15. The second-order valence-electron chi connectivity index (χ2n) is 6.96. The van der Waals surface area contributed by atoms with E-state index in [-0.39, 0.29) is 23.5 Å². The van der Waals surface area contributed by atoms with Gasteiger partial charge in [-0.2, -0.15) is 13.2 Å². The zero-order chi connectivity index (χ0) is 20.1. The average Bonchev–Trinajstić information content (AvgIpc) is 2.50. The van der Waals surface area contributed by atoms with Crippen LogP contribution in [-0.2, 0) is 27.2 Å². The highest BCUT2D eigenvalue weighted by Crippen LogP contribution is 2.34. The van der Waals surface area contributed by atoms with Crippen LogP contribution in [0.1, 0.15) is 61.8 Å². The molecule has 0 aliphatic rings. The molecule has 0 bridgehead atoms. The van der Waals surface area contributed by atoms with Gasteiger partial charge in [-0.15, -0.1) is 0 Å². The lowest BCUT2D eigenvalue weighted by molar-refractivity contribution is -0.138. The van der Waals surface area contributed by atoms with Crippen molar-refractivity contribution in [1.82, 2.24) is 0 Å². The van der Waals surface area contributed by atoms with Crippen LogP contribution in [-0.4, -0.2) is 25.2 Å². The fourth-order valence-corrected chi connectivity index (χ4v) is 3.79. The van der Waals surface area contributed by atoms with Crippen LogP contribution in [0.5, 0.6) is 0 Å². The van der Waals surface area contributed by atoms with Crippen LogP contribution in [0.25, 0.3) is 0 Å².